The number of nitrogens with zero attached hydrogens (tertiary/aromatic N) is 1. The molecule has 27 heavy (non-hydrogen) atoms. The molecular formula is C22H24FN2O2+. The summed E-state index contributed by atoms with van der Waals surface area (Å²) >= 11 is 0. The van der Waals surface area contributed by atoms with Gasteiger partial charge in [-0.05, 0) is 30.7 Å². The molecule has 140 valence electrons. The van der Waals surface area contributed by atoms with Crippen molar-refractivity contribution in [1.82, 2.24) is 0 Å². The van der Waals surface area contributed by atoms with Crippen molar-refractivity contribution < 1.29 is 18.9 Å². The fourth-order valence-corrected chi connectivity index (χ4v) is 4.37. The zero-order valence-corrected chi connectivity index (χ0v) is 15.2. The lowest BCUT2D eigenvalue weighted by Gasteiger charge is -2.43. The van der Waals surface area contributed by atoms with Gasteiger partial charge in [0.2, 0.25) is 0 Å². The third-order valence-corrected chi connectivity index (χ3v) is 5.71. The molecule has 0 amide bonds. The summed E-state index contributed by atoms with van der Waals surface area (Å²) in [5.41, 5.74) is 2.65. The molecule has 1 unspecified atom stereocenters. The number of oxime groups is 1. The molecule has 2 fully saturated rings. The topological polar surface area (TPSA) is 43.1 Å². The average Bonchev–Trinajstić information content (AvgIpc) is 2.68. The number of quaternary nitrogens is 1. The highest BCUT2D eigenvalue weighted by Gasteiger charge is 2.40. The van der Waals surface area contributed by atoms with Crippen LogP contribution in [0.3, 0.4) is 0 Å². The van der Waals surface area contributed by atoms with E-state index in [2.05, 4.69) is 35.5 Å². The Hall–Kier alpha value is -2.53. The predicted molar refractivity (Wildman–Crippen MR) is 101 cm³/mol. The lowest BCUT2D eigenvalue weighted by atomic mass is 9.83. The van der Waals surface area contributed by atoms with Crippen LogP contribution in [0.4, 0.5) is 4.39 Å². The Labute approximate surface area is 158 Å². The molecule has 2 saturated heterocycles. The van der Waals surface area contributed by atoms with Crippen LogP contribution in [0.1, 0.15) is 48.0 Å². The minimum absolute atomic E-state index is 0.313. The third-order valence-electron chi connectivity index (χ3n) is 5.71. The van der Waals surface area contributed by atoms with Crippen molar-refractivity contribution in [2.75, 3.05) is 0 Å². The summed E-state index contributed by atoms with van der Waals surface area (Å²) in [7, 11) is 0. The van der Waals surface area contributed by atoms with Crippen LogP contribution < -0.4 is 4.90 Å². The molecule has 1 N–H and O–H groups in total. The van der Waals surface area contributed by atoms with Crippen LogP contribution in [0.5, 0.6) is 0 Å². The first-order chi connectivity index (χ1) is 13.2. The van der Waals surface area contributed by atoms with Gasteiger partial charge in [-0.2, -0.15) is 0 Å². The molecule has 0 spiro atoms. The minimum Gasteiger partial charge on any atom is -0.326 e. The van der Waals surface area contributed by atoms with Gasteiger partial charge in [-0.3, -0.25) is 0 Å². The third kappa shape index (κ3) is 4.25. The van der Waals surface area contributed by atoms with E-state index in [1.54, 1.807) is 4.90 Å². The predicted octanol–water partition coefficient (Wildman–Crippen LogP) is 3.14. The van der Waals surface area contributed by atoms with E-state index in [4.69, 9.17) is 4.84 Å². The Bertz CT molecular complexity index is 804. The number of hydrogen-bond acceptors (Lipinski definition) is 3. The maximum atomic E-state index is 13.0. The van der Waals surface area contributed by atoms with Crippen LogP contribution in [-0.2, 0) is 11.4 Å². The number of fused-ring (bicyclic) bond motifs is 2. The van der Waals surface area contributed by atoms with E-state index in [1.807, 2.05) is 0 Å². The number of carbonyl (C=O) groups is 1. The first-order valence-electron chi connectivity index (χ1n) is 9.61. The number of halogens is 1. The standard InChI is InChI=1S/C22H23FN2O2/c23-18-11-9-17(10-12-18)22(26)27-24-19-13-20-7-4-8-21(14-19)25(20)15-16-5-2-1-3-6-16/h1-3,5-6,9-12,20-21H,4,7-8,13-15H2/p+1/t20-,21+. The molecular weight excluding hydrogens is 343 g/mol. The normalized spacial score (nSPS) is 26.0. The zero-order valence-electron chi connectivity index (χ0n) is 15.2. The Morgan fingerprint density at radius 2 is 1.70 bits per heavy atom. The molecule has 2 aromatic rings. The van der Waals surface area contributed by atoms with Crippen molar-refractivity contribution >= 4 is 11.7 Å². The SMILES string of the molecule is O=C(ON=C1C[C@H]2CCC[C@@H](C1)[NH+]2Cc1ccccc1)c1ccc(F)cc1. The van der Waals surface area contributed by atoms with E-state index in [0.29, 0.717) is 17.6 Å². The van der Waals surface area contributed by atoms with E-state index in [1.165, 1.54) is 49.1 Å². The number of hydrogen-bond donors (Lipinski definition) is 1. The maximum absolute atomic E-state index is 13.0. The Morgan fingerprint density at radius 1 is 1.04 bits per heavy atom. The second kappa shape index (κ2) is 8.01. The molecule has 5 heteroatoms. The van der Waals surface area contributed by atoms with Crippen LogP contribution in [0.2, 0.25) is 0 Å². The summed E-state index contributed by atoms with van der Waals surface area (Å²) in [5, 5.41) is 4.17. The molecule has 2 aromatic carbocycles. The second-order valence-corrected chi connectivity index (χ2v) is 7.51. The number of nitrogens with one attached hydrogen (secondary N) is 1. The summed E-state index contributed by atoms with van der Waals surface area (Å²) < 4.78 is 13.0. The largest absolute Gasteiger partial charge is 0.365 e. The summed E-state index contributed by atoms with van der Waals surface area (Å²) in [6.07, 6.45) is 5.37. The Balaban J connectivity index is 1.41. The lowest BCUT2D eigenvalue weighted by molar-refractivity contribution is -0.969. The highest BCUT2D eigenvalue weighted by atomic mass is 19.1. The fraction of sp³-hybridized carbons (Fsp3) is 0.364. The van der Waals surface area contributed by atoms with Gasteiger partial charge in [-0.1, -0.05) is 35.5 Å². The van der Waals surface area contributed by atoms with Crippen LogP contribution in [-0.4, -0.2) is 23.8 Å². The van der Waals surface area contributed by atoms with Crippen molar-refractivity contribution in [2.45, 2.75) is 50.7 Å². The van der Waals surface area contributed by atoms with Crippen molar-refractivity contribution in [3.05, 3.63) is 71.5 Å². The van der Waals surface area contributed by atoms with E-state index in [9.17, 15) is 9.18 Å². The minimum atomic E-state index is -0.535. The maximum Gasteiger partial charge on any atom is 0.365 e. The molecule has 3 atom stereocenters. The number of carbonyl (C=O) groups excluding carboxylic acids is 1. The van der Waals surface area contributed by atoms with Gasteiger partial charge < -0.3 is 9.74 Å². The monoisotopic (exact) mass is 367 g/mol. The van der Waals surface area contributed by atoms with Crippen LogP contribution >= 0.6 is 0 Å². The van der Waals surface area contributed by atoms with Gasteiger partial charge in [-0.25, -0.2) is 9.18 Å². The van der Waals surface area contributed by atoms with E-state index < -0.39 is 5.97 Å². The molecule has 4 nitrogen and oxygen atoms in total. The number of benzene rings is 2. The molecule has 0 saturated carbocycles. The fourth-order valence-electron chi connectivity index (χ4n) is 4.37. The first kappa shape index (κ1) is 17.9. The van der Waals surface area contributed by atoms with Crippen molar-refractivity contribution in [3.8, 4) is 0 Å². The van der Waals surface area contributed by atoms with E-state index in [-0.39, 0.29) is 5.82 Å². The van der Waals surface area contributed by atoms with Crippen molar-refractivity contribution in [1.29, 1.82) is 0 Å². The number of piperidine rings is 2. The van der Waals surface area contributed by atoms with Gasteiger partial charge in [0, 0.05) is 31.2 Å². The molecule has 0 aliphatic carbocycles. The lowest BCUT2D eigenvalue weighted by Crippen LogP contribution is -3.20. The molecule has 2 heterocycles. The molecule has 0 radical (unpaired) electrons. The summed E-state index contributed by atoms with van der Waals surface area (Å²) in [6.45, 7) is 1.04. The van der Waals surface area contributed by atoms with Gasteiger partial charge >= 0.3 is 5.97 Å². The van der Waals surface area contributed by atoms with Crippen LogP contribution in [0, 0.1) is 5.82 Å². The Morgan fingerprint density at radius 3 is 2.37 bits per heavy atom. The van der Waals surface area contributed by atoms with E-state index in [0.717, 1.165) is 25.1 Å². The Kier molecular flexibility index (Phi) is 5.30. The van der Waals surface area contributed by atoms with Gasteiger partial charge in [0.15, 0.2) is 0 Å². The van der Waals surface area contributed by atoms with Crippen molar-refractivity contribution in [2.24, 2.45) is 5.16 Å². The van der Waals surface area contributed by atoms with Crippen molar-refractivity contribution in [3.63, 3.8) is 0 Å². The molecule has 2 aliphatic rings. The number of rotatable bonds is 4. The summed E-state index contributed by atoms with van der Waals surface area (Å²) in [6, 6.07) is 17.0. The molecule has 2 aliphatic heterocycles. The second-order valence-electron chi connectivity index (χ2n) is 7.51. The first-order valence-corrected chi connectivity index (χ1v) is 9.61. The van der Waals surface area contributed by atoms with E-state index >= 15 is 0 Å². The van der Waals surface area contributed by atoms with Crippen LogP contribution in [0.15, 0.2) is 59.8 Å². The summed E-state index contributed by atoms with van der Waals surface area (Å²) in [4.78, 5) is 18.9. The highest BCUT2D eigenvalue weighted by Crippen LogP contribution is 2.21. The zero-order chi connectivity index (χ0) is 18.6. The summed E-state index contributed by atoms with van der Waals surface area (Å²) in [5.74, 6) is -0.911. The quantitative estimate of drug-likeness (QED) is 0.666. The van der Waals surface area contributed by atoms with Gasteiger partial charge in [0.25, 0.3) is 0 Å². The van der Waals surface area contributed by atoms with Crippen LogP contribution in [0.25, 0.3) is 0 Å². The van der Waals surface area contributed by atoms with Gasteiger partial charge in [0.05, 0.1) is 23.4 Å². The smallest absolute Gasteiger partial charge is 0.326 e. The van der Waals surface area contributed by atoms with Gasteiger partial charge in [-0.15, -0.1) is 0 Å². The molecule has 0 aromatic heterocycles. The van der Waals surface area contributed by atoms with Gasteiger partial charge in [0.1, 0.15) is 12.4 Å². The highest BCUT2D eigenvalue weighted by molar-refractivity contribution is 5.91. The molecule has 4 rings (SSSR count). The average molecular weight is 367 g/mol. The molecule has 2 bridgehead atoms.